The van der Waals surface area contributed by atoms with Crippen LogP contribution in [0.5, 0.6) is 0 Å². The Kier molecular flexibility index (Phi) is 2.95. The van der Waals surface area contributed by atoms with Crippen molar-refractivity contribution in [1.29, 1.82) is 0 Å². The van der Waals surface area contributed by atoms with Gasteiger partial charge in [-0.15, -0.1) is 0 Å². The van der Waals surface area contributed by atoms with Gasteiger partial charge >= 0.3 is 5.97 Å². The highest BCUT2D eigenvalue weighted by molar-refractivity contribution is 5.77. The molecule has 3 unspecified atom stereocenters. The molecule has 0 aliphatic heterocycles. The number of hydrogen-bond donors (Lipinski definition) is 1. The van der Waals surface area contributed by atoms with Crippen molar-refractivity contribution in [2.45, 2.75) is 44.9 Å². The molecular weight excluding hydrogens is 260 g/mol. The molecule has 0 radical (unpaired) electrons. The Bertz CT molecular complexity index is 616. The minimum atomic E-state index is -0.551. The van der Waals surface area contributed by atoms with Crippen LogP contribution in [-0.4, -0.2) is 11.1 Å². The third-order valence-corrected chi connectivity index (χ3v) is 6.11. The summed E-state index contributed by atoms with van der Waals surface area (Å²) in [7, 11) is 0. The van der Waals surface area contributed by atoms with Crippen molar-refractivity contribution in [2.24, 2.45) is 17.3 Å². The lowest BCUT2D eigenvalue weighted by atomic mass is 9.54. The first-order chi connectivity index (χ1) is 10.2. The van der Waals surface area contributed by atoms with Gasteiger partial charge in [-0.05, 0) is 55.1 Å². The molecule has 2 heteroatoms. The van der Waals surface area contributed by atoms with Gasteiger partial charge < -0.3 is 5.11 Å². The van der Waals surface area contributed by atoms with E-state index in [4.69, 9.17) is 0 Å². The maximum absolute atomic E-state index is 12.0. The van der Waals surface area contributed by atoms with Crippen molar-refractivity contribution in [3.8, 4) is 0 Å². The van der Waals surface area contributed by atoms with Crippen LogP contribution in [0.2, 0.25) is 0 Å². The highest BCUT2D eigenvalue weighted by Crippen LogP contribution is 2.55. The first kappa shape index (κ1) is 13.1. The maximum Gasteiger partial charge on any atom is 0.310 e. The van der Waals surface area contributed by atoms with Crippen LogP contribution in [0.1, 0.15) is 49.7 Å². The normalized spacial score (nSPS) is 34.2. The molecule has 3 aliphatic carbocycles. The zero-order valence-corrected chi connectivity index (χ0v) is 12.3. The van der Waals surface area contributed by atoms with E-state index in [0.29, 0.717) is 11.8 Å². The summed E-state index contributed by atoms with van der Waals surface area (Å²) in [6.07, 6.45) is 9.53. The van der Waals surface area contributed by atoms with Crippen molar-refractivity contribution in [3.63, 3.8) is 0 Å². The third kappa shape index (κ3) is 1.96. The van der Waals surface area contributed by atoms with E-state index in [9.17, 15) is 9.90 Å². The average Bonchev–Trinajstić information content (AvgIpc) is 2.50. The highest BCUT2D eigenvalue weighted by atomic mass is 16.4. The minimum absolute atomic E-state index is 0.385. The topological polar surface area (TPSA) is 37.3 Å². The van der Waals surface area contributed by atoms with E-state index in [2.05, 4.69) is 30.3 Å². The molecule has 2 saturated carbocycles. The summed E-state index contributed by atoms with van der Waals surface area (Å²) in [5.41, 5.74) is 3.67. The number of aliphatic carboxylic acids is 1. The molecule has 4 rings (SSSR count). The number of carbonyl (C=O) groups is 1. The van der Waals surface area contributed by atoms with Crippen LogP contribution in [-0.2, 0) is 11.2 Å². The van der Waals surface area contributed by atoms with Gasteiger partial charge in [-0.3, -0.25) is 4.79 Å². The van der Waals surface area contributed by atoms with Gasteiger partial charge in [0.25, 0.3) is 0 Å². The summed E-state index contributed by atoms with van der Waals surface area (Å²) in [6.45, 7) is 0. The van der Waals surface area contributed by atoms with Crippen LogP contribution in [0.4, 0.5) is 0 Å². The Morgan fingerprint density at radius 1 is 1.24 bits per heavy atom. The van der Waals surface area contributed by atoms with E-state index in [0.717, 1.165) is 38.5 Å². The standard InChI is InChI=1S/C19H22O2/c20-18(21)19-8-4-3-7-17(19)11-15-9-13-5-1-2-6-14(13)10-16(15)12-19/h1-2,5-6,10,15,17H,3-4,7-9,11-12H2,(H,20,21). The van der Waals surface area contributed by atoms with Gasteiger partial charge in [-0.2, -0.15) is 0 Å². The van der Waals surface area contributed by atoms with Gasteiger partial charge in [0.05, 0.1) is 5.41 Å². The van der Waals surface area contributed by atoms with Crippen molar-refractivity contribution in [3.05, 3.63) is 41.0 Å². The van der Waals surface area contributed by atoms with Crippen LogP contribution in [0.3, 0.4) is 0 Å². The number of rotatable bonds is 1. The van der Waals surface area contributed by atoms with Crippen LogP contribution in [0, 0.1) is 17.3 Å². The molecular formula is C19H22O2. The van der Waals surface area contributed by atoms with Crippen molar-refractivity contribution < 1.29 is 9.90 Å². The predicted molar refractivity (Wildman–Crippen MR) is 82.9 cm³/mol. The van der Waals surface area contributed by atoms with E-state index in [1.807, 2.05) is 0 Å². The summed E-state index contributed by atoms with van der Waals surface area (Å²) in [5.74, 6) is 0.414. The number of benzene rings is 1. The summed E-state index contributed by atoms with van der Waals surface area (Å²) in [5, 5.41) is 9.88. The molecule has 0 aromatic heterocycles. The van der Waals surface area contributed by atoms with Crippen molar-refractivity contribution in [1.82, 2.24) is 0 Å². The first-order valence-corrected chi connectivity index (χ1v) is 8.21. The first-order valence-electron chi connectivity index (χ1n) is 8.21. The Balaban J connectivity index is 1.74. The summed E-state index contributed by atoms with van der Waals surface area (Å²) in [4.78, 5) is 12.0. The van der Waals surface area contributed by atoms with E-state index < -0.39 is 11.4 Å². The second-order valence-electron chi connectivity index (χ2n) is 7.14. The lowest BCUT2D eigenvalue weighted by Gasteiger charge is -2.49. The lowest BCUT2D eigenvalue weighted by molar-refractivity contribution is -0.157. The molecule has 3 aliphatic rings. The number of hydrogen-bond acceptors (Lipinski definition) is 1. The molecule has 21 heavy (non-hydrogen) atoms. The van der Waals surface area contributed by atoms with Gasteiger partial charge in [-0.1, -0.05) is 48.8 Å². The minimum Gasteiger partial charge on any atom is -0.481 e. The molecule has 0 spiro atoms. The van der Waals surface area contributed by atoms with E-state index in [-0.39, 0.29) is 0 Å². The highest BCUT2D eigenvalue weighted by Gasteiger charge is 2.52. The van der Waals surface area contributed by atoms with Crippen molar-refractivity contribution in [2.75, 3.05) is 0 Å². The molecule has 2 fully saturated rings. The molecule has 1 aromatic carbocycles. The molecule has 2 nitrogen and oxygen atoms in total. The summed E-state index contributed by atoms with van der Waals surface area (Å²) < 4.78 is 0. The Hall–Kier alpha value is -1.57. The molecule has 110 valence electrons. The number of carboxylic acid groups (broad SMARTS) is 1. The van der Waals surface area contributed by atoms with Crippen LogP contribution >= 0.6 is 0 Å². The number of fused-ring (bicyclic) bond motifs is 3. The van der Waals surface area contributed by atoms with Gasteiger partial charge in [0.1, 0.15) is 0 Å². The zero-order chi connectivity index (χ0) is 14.4. The molecule has 1 aromatic rings. The van der Waals surface area contributed by atoms with Crippen LogP contribution < -0.4 is 0 Å². The Morgan fingerprint density at radius 3 is 2.95 bits per heavy atom. The SMILES string of the molecule is O=C(O)C12CCCCC1CC1Cc3ccccc3C=C1C2. The second kappa shape index (κ2) is 4.72. The quantitative estimate of drug-likeness (QED) is 0.834. The molecule has 0 amide bonds. The Labute approximate surface area is 125 Å². The van der Waals surface area contributed by atoms with Crippen LogP contribution in [0.15, 0.2) is 29.8 Å². The van der Waals surface area contributed by atoms with Gasteiger partial charge in [0.2, 0.25) is 0 Å². The largest absolute Gasteiger partial charge is 0.481 e. The Morgan fingerprint density at radius 2 is 2.10 bits per heavy atom. The molecule has 1 N–H and O–H groups in total. The smallest absolute Gasteiger partial charge is 0.310 e. The van der Waals surface area contributed by atoms with Gasteiger partial charge in [0, 0.05) is 0 Å². The molecule has 0 saturated heterocycles. The fourth-order valence-electron chi connectivity index (χ4n) is 4.96. The van der Waals surface area contributed by atoms with Gasteiger partial charge in [0.15, 0.2) is 0 Å². The average molecular weight is 282 g/mol. The number of allylic oxidation sites excluding steroid dienone is 1. The molecule has 3 atom stereocenters. The lowest BCUT2D eigenvalue weighted by Crippen LogP contribution is -2.46. The predicted octanol–water partition coefficient (Wildman–Crippen LogP) is 4.30. The van der Waals surface area contributed by atoms with Gasteiger partial charge in [-0.25, -0.2) is 0 Å². The number of carboxylic acids is 1. The third-order valence-electron chi connectivity index (χ3n) is 6.11. The fraction of sp³-hybridized carbons (Fsp3) is 0.526. The zero-order valence-electron chi connectivity index (χ0n) is 12.3. The maximum atomic E-state index is 12.0. The fourth-order valence-corrected chi connectivity index (χ4v) is 4.96. The molecule has 0 heterocycles. The summed E-state index contributed by atoms with van der Waals surface area (Å²) in [6, 6.07) is 8.58. The van der Waals surface area contributed by atoms with E-state index in [1.165, 1.54) is 23.1 Å². The summed E-state index contributed by atoms with van der Waals surface area (Å²) >= 11 is 0. The van der Waals surface area contributed by atoms with Crippen molar-refractivity contribution >= 4 is 12.0 Å². The van der Waals surface area contributed by atoms with E-state index >= 15 is 0 Å². The second-order valence-corrected chi connectivity index (χ2v) is 7.14. The van der Waals surface area contributed by atoms with Crippen LogP contribution in [0.25, 0.3) is 6.08 Å². The van der Waals surface area contributed by atoms with E-state index in [1.54, 1.807) is 0 Å². The monoisotopic (exact) mass is 282 g/mol. The molecule has 0 bridgehead atoms.